The van der Waals surface area contributed by atoms with E-state index in [-0.39, 0.29) is 0 Å². The molecule has 0 bridgehead atoms. The van der Waals surface area contributed by atoms with Crippen LogP contribution in [-0.2, 0) is 4.74 Å². The molecule has 66 valence electrons. The minimum absolute atomic E-state index is 0.664. The summed E-state index contributed by atoms with van der Waals surface area (Å²) in [7, 11) is 0. The van der Waals surface area contributed by atoms with Gasteiger partial charge in [0, 0.05) is 0 Å². The maximum atomic E-state index is 9.09. The van der Waals surface area contributed by atoms with Crippen LogP contribution in [0.5, 0.6) is 0 Å². The first-order valence-corrected chi connectivity index (χ1v) is 3.41. The Morgan fingerprint density at radius 2 is 1.45 bits per heavy atom. The van der Waals surface area contributed by atoms with E-state index >= 15 is 0 Å². The molecule has 0 aromatic heterocycles. The first-order chi connectivity index (χ1) is 5.04. The van der Waals surface area contributed by atoms with Gasteiger partial charge in [-0.2, -0.15) is 0 Å². The highest BCUT2D eigenvalue weighted by molar-refractivity contribution is 4.86. The van der Waals surface area contributed by atoms with Crippen LogP contribution in [0.25, 0.3) is 0 Å². The zero-order valence-electron chi connectivity index (χ0n) is 6.08. The number of rotatable bonds is 0. The minimum atomic E-state index is -1.43. The summed E-state index contributed by atoms with van der Waals surface area (Å²) >= 11 is 0. The van der Waals surface area contributed by atoms with Crippen molar-refractivity contribution in [2.75, 3.05) is 0 Å². The van der Waals surface area contributed by atoms with E-state index in [2.05, 4.69) is 4.74 Å². The molecule has 1 saturated heterocycles. The van der Waals surface area contributed by atoms with Crippen molar-refractivity contribution in [3.8, 4) is 0 Å². The van der Waals surface area contributed by atoms with E-state index in [9.17, 15) is 0 Å². The molecule has 5 nitrogen and oxygen atoms in total. The lowest BCUT2D eigenvalue weighted by atomic mass is 10.0. The number of aliphatic hydroxyl groups is 4. The Bertz CT molecular complexity index is 125. The van der Waals surface area contributed by atoms with Gasteiger partial charge in [-0.1, -0.05) is 0 Å². The number of hydrogen-bond donors (Lipinski definition) is 4. The van der Waals surface area contributed by atoms with Gasteiger partial charge in [-0.05, 0) is 6.92 Å². The lowest BCUT2D eigenvalue weighted by molar-refractivity contribution is -0.277. The first-order valence-electron chi connectivity index (χ1n) is 3.41. The van der Waals surface area contributed by atoms with Gasteiger partial charge in [0.25, 0.3) is 0 Å². The second-order valence-electron chi connectivity index (χ2n) is 2.70. The summed E-state index contributed by atoms with van der Waals surface area (Å²) in [6, 6.07) is 0. The molecule has 1 heterocycles. The van der Waals surface area contributed by atoms with Gasteiger partial charge in [-0.15, -0.1) is 0 Å². The Morgan fingerprint density at radius 3 is 2.00 bits per heavy atom. The Kier molecular flexibility index (Phi) is 2.46. The molecule has 1 fully saturated rings. The van der Waals surface area contributed by atoms with Gasteiger partial charge in [0.2, 0.25) is 0 Å². The highest BCUT2D eigenvalue weighted by atomic mass is 16.6. The molecule has 0 saturated carbocycles. The zero-order chi connectivity index (χ0) is 8.59. The van der Waals surface area contributed by atoms with Crippen LogP contribution in [0.2, 0.25) is 0 Å². The summed E-state index contributed by atoms with van der Waals surface area (Å²) in [6.45, 7) is 1.50. The summed E-state index contributed by atoms with van der Waals surface area (Å²) in [4.78, 5) is 0. The van der Waals surface area contributed by atoms with Crippen LogP contribution in [0, 0.1) is 0 Å². The van der Waals surface area contributed by atoms with Crippen LogP contribution in [0.15, 0.2) is 0 Å². The summed E-state index contributed by atoms with van der Waals surface area (Å²) in [5.74, 6) is 0. The summed E-state index contributed by atoms with van der Waals surface area (Å²) in [5.41, 5.74) is 0. The first kappa shape index (κ1) is 8.89. The average Bonchev–Trinajstić information content (AvgIpc) is 1.97. The summed E-state index contributed by atoms with van der Waals surface area (Å²) < 4.78 is 4.68. The quantitative estimate of drug-likeness (QED) is 0.326. The summed E-state index contributed by atoms with van der Waals surface area (Å²) in [6.07, 6.45) is -5.99. The highest BCUT2D eigenvalue weighted by Gasteiger charge is 2.40. The molecule has 0 unspecified atom stereocenters. The molecule has 0 spiro atoms. The Morgan fingerprint density at radius 1 is 0.909 bits per heavy atom. The monoisotopic (exact) mass is 164 g/mol. The van der Waals surface area contributed by atoms with Crippen molar-refractivity contribution >= 4 is 0 Å². The lowest BCUT2D eigenvalue weighted by Crippen LogP contribution is -2.56. The number of ether oxygens (including phenoxy) is 1. The van der Waals surface area contributed by atoms with Crippen LogP contribution in [0.4, 0.5) is 0 Å². The average molecular weight is 164 g/mol. The molecule has 0 aromatic rings. The van der Waals surface area contributed by atoms with Gasteiger partial charge in [-0.25, -0.2) is 0 Å². The molecule has 1 aliphatic heterocycles. The predicted octanol–water partition coefficient (Wildman–Crippen LogP) is -2.19. The molecular weight excluding hydrogens is 152 g/mol. The topological polar surface area (TPSA) is 90.2 Å². The van der Waals surface area contributed by atoms with Gasteiger partial charge < -0.3 is 25.2 Å². The van der Waals surface area contributed by atoms with E-state index in [1.54, 1.807) is 0 Å². The zero-order valence-corrected chi connectivity index (χ0v) is 6.08. The molecule has 0 aromatic carbocycles. The fraction of sp³-hybridized carbons (Fsp3) is 1.00. The predicted molar refractivity (Wildman–Crippen MR) is 34.6 cm³/mol. The largest absolute Gasteiger partial charge is 0.388 e. The van der Waals surface area contributed by atoms with Gasteiger partial charge >= 0.3 is 0 Å². The van der Waals surface area contributed by atoms with Crippen LogP contribution in [0.3, 0.4) is 0 Å². The number of hydrogen-bond acceptors (Lipinski definition) is 5. The fourth-order valence-corrected chi connectivity index (χ4v) is 1.03. The SMILES string of the molecule is C[C@@H]1O[C@@H](O)[C@@H](O)[C@@H](O)[C@@H]1O. The normalized spacial score (nSPS) is 52.6. The Labute approximate surface area is 63.8 Å². The van der Waals surface area contributed by atoms with Crippen LogP contribution >= 0.6 is 0 Å². The third-order valence-electron chi connectivity index (χ3n) is 1.83. The molecule has 0 radical (unpaired) electrons. The van der Waals surface area contributed by atoms with E-state index in [0.717, 1.165) is 0 Å². The molecular formula is C6H12O5. The maximum Gasteiger partial charge on any atom is 0.183 e. The van der Waals surface area contributed by atoms with E-state index in [0.29, 0.717) is 0 Å². The number of aliphatic hydroxyl groups excluding tert-OH is 4. The second-order valence-corrected chi connectivity index (χ2v) is 2.70. The molecule has 1 rings (SSSR count). The third-order valence-corrected chi connectivity index (χ3v) is 1.83. The smallest absolute Gasteiger partial charge is 0.183 e. The van der Waals surface area contributed by atoms with Gasteiger partial charge in [-0.3, -0.25) is 0 Å². The summed E-state index contributed by atoms with van der Waals surface area (Å²) in [5, 5.41) is 36.0. The van der Waals surface area contributed by atoms with Crippen LogP contribution < -0.4 is 0 Å². The minimum Gasteiger partial charge on any atom is -0.388 e. The van der Waals surface area contributed by atoms with Crippen molar-refractivity contribution in [1.29, 1.82) is 0 Å². The highest BCUT2D eigenvalue weighted by Crippen LogP contribution is 2.18. The van der Waals surface area contributed by atoms with Crippen molar-refractivity contribution < 1.29 is 25.2 Å². The van der Waals surface area contributed by atoms with Crippen LogP contribution in [-0.4, -0.2) is 51.1 Å². The van der Waals surface area contributed by atoms with E-state index < -0.39 is 30.7 Å². The molecule has 1 aliphatic rings. The van der Waals surface area contributed by atoms with Crippen molar-refractivity contribution in [2.45, 2.75) is 37.6 Å². The maximum absolute atomic E-state index is 9.09. The standard InChI is InChI=1S/C6H12O5/c1-2-3(7)4(8)5(9)6(10)11-2/h2-10H,1H3/t2-,3+,4-,5-,6+/m0/s1. The van der Waals surface area contributed by atoms with E-state index in [1.165, 1.54) is 6.92 Å². The Balaban J connectivity index is 2.63. The molecule has 0 aliphatic carbocycles. The van der Waals surface area contributed by atoms with E-state index in [4.69, 9.17) is 20.4 Å². The van der Waals surface area contributed by atoms with Crippen molar-refractivity contribution in [1.82, 2.24) is 0 Å². The van der Waals surface area contributed by atoms with Gasteiger partial charge in [0.15, 0.2) is 6.29 Å². The molecule has 5 heteroatoms. The third kappa shape index (κ3) is 1.52. The fourth-order valence-electron chi connectivity index (χ4n) is 1.03. The lowest BCUT2D eigenvalue weighted by Gasteiger charge is -2.36. The molecule has 11 heavy (non-hydrogen) atoms. The van der Waals surface area contributed by atoms with E-state index in [1.807, 2.05) is 0 Å². The molecule has 4 N–H and O–H groups in total. The van der Waals surface area contributed by atoms with Crippen molar-refractivity contribution in [3.63, 3.8) is 0 Å². The van der Waals surface area contributed by atoms with Crippen molar-refractivity contribution in [3.05, 3.63) is 0 Å². The van der Waals surface area contributed by atoms with Gasteiger partial charge in [0.1, 0.15) is 18.3 Å². The second kappa shape index (κ2) is 3.04. The van der Waals surface area contributed by atoms with Gasteiger partial charge in [0.05, 0.1) is 6.10 Å². The molecule has 0 amide bonds. The molecule has 5 atom stereocenters. The Hall–Kier alpha value is -0.200. The van der Waals surface area contributed by atoms with Crippen LogP contribution in [0.1, 0.15) is 6.92 Å². The van der Waals surface area contributed by atoms with Crippen molar-refractivity contribution in [2.24, 2.45) is 0 Å².